The summed E-state index contributed by atoms with van der Waals surface area (Å²) < 4.78 is 0. The predicted octanol–water partition coefficient (Wildman–Crippen LogP) is 1.35. The molecule has 1 amide bonds. The molecule has 0 aromatic carbocycles. The van der Waals surface area contributed by atoms with Crippen molar-refractivity contribution in [2.24, 2.45) is 0 Å². The molecule has 1 heterocycles. The van der Waals surface area contributed by atoms with Crippen LogP contribution in [-0.2, 0) is 0 Å². The molecule has 84 valence electrons. The fourth-order valence-electron chi connectivity index (χ4n) is 1.29. The van der Waals surface area contributed by atoms with Gasteiger partial charge in [0, 0.05) is 19.8 Å². The average molecular weight is 230 g/mol. The normalized spacial score (nSPS) is 10.3. The van der Waals surface area contributed by atoms with Gasteiger partial charge in [-0.15, -0.1) is 0 Å². The van der Waals surface area contributed by atoms with Crippen LogP contribution in [0.25, 0.3) is 0 Å². The zero-order chi connectivity index (χ0) is 11.3. The van der Waals surface area contributed by atoms with Crippen LogP contribution in [-0.4, -0.2) is 43.0 Å². The van der Waals surface area contributed by atoms with Crippen LogP contribution in [0.3, 0.4) is 0 Å². The van der Waals surface area contributed by atoms with Gasteiger partial charge in [-0.2, -0.15) is 0 Å². The van der Waals surface area contributed by atoms with Gasteiger partial charge in [-0.05, 0) is 26.1 Å². The van der Waals surface area contributed by atoms with Crippen LogP contribution in [0.5, 0.6) is 0 Å². The number of nitrogens with one attached hydrogen (secondary N) is 2. The zero-order valence-corrected chi connectivity index (χ0v) is 9.77. The van der Waals surface area contributed by atoms with E-state index in [2.05, 4.69) is 10.3 Å². The Balaban J connectivity index is 2.46. The molecule has 1 aromatic heterocycles. The molecule has 2 N–H and O–H groups in total. The molecule has 0 saturated carbocycles. The van der Waals surface area contributed by atoms with Crippen molar-refractivity contribution >= 4 is 17.5 Å². The van der Waals surface area contributed by atoms with Crippen LogP contribution in [0, 0.1) is 0 Å². The van der Waals surface area contributed by atoms with Gasteiger partial charge in [-0.1, -0.05) is 11.6 Å². The summed E-state index contributed by atoms with van der Waals surface area (Å²) in [5, 5.41) is 3.60. The summed E-state index contributed by atoms with van der Waals surface area (Å²) in [4.78, 5) is 16.3. The number of aromatic amines is 1. The molecule has 0 saturated heterocycles. The maximum atomic E-state index is 11.8. The monoisotopic (exact) mass is 229 g/mol. The first kappa shape index (κ1) is 12.1. The van der Waals surface area contributed by atoms with E-state index in [1.54, 1.807) is 24.2 Å². The van der Waals surface area contributed by atoms with Gasteiger partial charge < -0.3 is 15.2 Å². The molecule has 0 aliphatic heterocycles. The van der Waals surface area contributed by atoms with E-state index in [9.17, 15) is 4.79 Å². The second-order valence-electron chi connectivity index (χ2n) is 3.42. The van der Waals surface area contributed by atoms with E-state index in [1.807, 2.05) is 7.05 Å². The maximum absolute atomic E-state index is 11.8. The first-order chi connectivity index (χ1) is 7.15. The molecule has 5 heteroatoms. The van der Waals surface area contributed by atoms with Crippen LogP contribution in [0.4, 0.5) is 0 Å². The second-order valence-corrected chi connectivity index (χ2v) is 3.85. The van der Waals surface area contributed by atoms with Crippen molar-refractivity contribution in [2.45, 2.75) is 6.42 Å². The van der Waals surface area contributed by atoms with Crippen molar-refractivity contribution in [3.05, 3.63) is 23.0 Å². The second kappa shape index (κ2) is 5.78. The number of nitrogens with zero attached hydrogens (tertiary/aromatic N) is 1. The number of rotatable bonds is 5. The van der Waals surface area contributed by atoms with Crippen LogP contribution < -0.4 is 5.32 Å². The highest BCUT2D eigenvalue weighted by molar-refractivity contribution is 6.30. The standard InChI is InChI=1S/C10H16ClN3O/c1-12-4-3-5-14(2)10(15)9-6-8(11)7-13-9/h6-7,12-13H,3-5H2,1-2H3. The molecule has 0 aliphatic rings. The summed E-state index contributed by atoms with van der Waals surface area (Å²) in [6.45, 7) is 1.64. The third-order valence-corrected chi connectivity index (χ3v) is 2.36. The molecule has 1 aromatic rings. The lowest BCUT2D eigenvalue weighted by Gasteiger charge is -2.15. The Hall–Kier alpha value is -1.00. The number of H-pyrrole nitrogens is 1. The van der Waals surface area contributed by atoms with Crippen molar-refractivity contribution in [3.8, 4) is 0 Å². The Morgan fingerprint density at radius 3 is 2.93 bits per heavy atom. The minimum absolute atomic E-state index is 0.0296. The molecule has 0 aliphatic carbocycles. The number of carbonyl (C=O) groups is 1. The van der Waals surface area contributed by atoms with Gasteiger partial charge in [0.25, 0.3) is 5.91 Å². The molecule has 0 unspecified atom stereocenters. The Morgan fingerprint density at radius 1 is 1.67 bits per heavy atom. The maximum Gasteiger partial charge on any atom is 0.270 e. The number of aromatic nitrogens is 1. The van der Waals surface area contributed by atoms with Crippen LogP contribution in [0.15, 0.2) is 12.3 Å². The predicted molar refractivity (Wildman–Crippen MR) is 61.3 cm³/mol. The number of hydrogen-bond acceptors (Lipinski definition) is 2. The largest absolute Gasteiger partial charge is 0.356 e. The summed E-state index contributed by atoms with van der Waals surface area (Å²) in [7, 11) is 3.68. The van der Waals surface area contributed by atoms with Crippen LogP contribution >= 0.6 is 11.6 Å². The van der Waals surface area contributed by atoms with Gasteiger partial charge >= 0.3 is 0 Å². The van der Waals surface area contributed by atoms with E-state index in [4.69, 9.17) is 11.6 Å². The lowest BCUT2D eigenvalue weighted by Crippen LogP contribution is -2.29. The van der Waals surface area contributed by atoms with Gasteiger partial charge in [0.1, 0.15) is 5.69 Å². The van der Waals surface area contributed by atoms with E-state index in [0.29, 0.717) is 10.7 Å². The zero-order valence-electron chi connectivity index (χ0n) is 9.01. The van der Waals surface area contributed by atoms with E-state index < -0.39 is 0 Å². The third kappa shape index (κ3) is 3.57. The molecule has 1 rings (SSSR count). The van der Waals surface area contributed by atoms with E-state index in [1.165, 1.54) is 0 Å². The molecule has 0 atom stereocenters. The number of amides is 1. The highest BCUT2D eigenvalue weighted by Crippen LogP contribution is 2.10. The van der Waals surface area contributed by atoms with Crippen molar-refractivity contribution in [1.29, 1.82) is 0 Å². The van der Waals surface area contributed by atoms with Gasteiger partial charge in [0.2, 0.25) is 0 Å². The molecule has 0 radical (unpaired) electrons. The summed E-state index contributed by atoms with van der Waals surface area (Å²) in [6, 6.07) is 1.64. The highest BCUT2D eigenvalue weighted by atomic mass is 35.5. The Kier molecular flexibility index (Phi) is 4.65. The van der Waals surface area contributed by atoms with Gasteiger partial charge in [0.05, 0.1) is 5.02 Å². The molecule has 0 fully saturated rings. The molecular formula is C10H16ClN3O. The van der Waals surface area contributed by atoms with Gasteiger partial charge in [0.15, 0.2) is 0 Å². The van der Waals surface area contributed by atoms with Crippen LogP contribution in [0.2, 0.25) is 5.02 Å². The highest BCUT2D eigenvalue weighted by Gasteiger charge is 2.12. The Bertz CT molecular complexity index is 324. The fraction of sp³-hybridized carbons (Fsp3) is 0.500. The van der Waals surface area contributed by atoms with Gasteiger partial charge in [-0.25, -0.2) is 0 Å². The minimum atomic E-state index is -0.0296. The fourth-order valence-corrected chi connectivity index (χ4v) is 1.46. The SMILES string of the molecule is CNCCCN(C)C(=O)c1cc(Cl)c[nH]1. The number of carbonyl (C=O) groups excluding carboxylic acids is 1. The topological polar surface area (TPSA) is 48.1 Å². The van der Waals surface area contributed by atoms with E-state index in [0.717, 1.165) is 19.5 Å². The lowest BCUT2D eigenvalue weighted by molar-refractivity contribution is 0.0788. The molecule has 4 nitrogen and oxygen atoms in total. The molecular weight excluding hydrogens is 214 g/mol. The molecule has 15 heavy (non-hydrogen) atoms. The summed E-state index contributed by atoms with van der Waals surface area (Å²) >= 11 is 5.72. The van der Waals surface area contributed by atoms with Crippen molar-refractivity contribution in [1.82, 2.24) is 15.2 Å². The quantitative estimate of drug-likeness (QED) is 0.749. The number of halogens is 1. The third-order valence-electron chi connectivity index (χ3n) is 2.15. The van der Waals surface area contributed by atoms with E-state index in [-0.39, 0.29) is 5.91 Å². The van der Waals surface area contributed by atoms with Crippen LogP contribution in [0.1, 0.15) is 16.9 Å². The molecule has 0 spiro atoms. The van der Waals surface area contributed by atoms with E-state index >= 15 is 0 Å². The van der Waals surface area contributed by atoms with Crippen molar-refractivity contribution < 1.29 is 4.79 Å². The summed E-state index contributed by atoms with van der Waals surface area (Å²) in [5.41, 5.74) is 0.534. The Labute approximate surface area is 94.6 Å². The summed E-state index contributed by atoms with van der Waals surface area (Å²) in [5.74, 6) is -0.0296. The Morgan fingerprint density at radius 2 is 2.40 bits per heavy atom. The summed E-state index contributed by atoms with van der Waals surface area (Å²) in [6.07, 6.45) is 2.55. The van der Waals surface area contributed by atoms with Gasteiger partial charge in [-0.3, -0.25) is 4.79 Å². The van der Waals surface area contributed by atoms with Crippen molar-refractivity contribution in [2.75, 3.05) is 27.2 Å². The average Bonchev–Trinajstić information content (AvgIpc) is 2.64. The van der Waals surface area contributed by atoms with Crippen molar-refractivity contribution in [3.63, 3.8) is 0 Å². The molecule has 0 bridgehead atoms. The first-order valence-corrected chi connectivity index (χ1v) is 5.27. The first-order valence-electron chi connectivity index (χ1n) is 4.89. The smallest absolute Gasteiger partial charge is 0.270 e. The minimum Gasteiger partial charge on any atom is -0.356 e. The lowest BCUT2D eigenvalue weighted by atomic mass is 10.3. The number of hydrogen-bond donors (Lipinski definition) is 2.